The van der Waals surface area contributed by atoms with Crippen molar-refractivity contribution in [2.45, 2.75) is 71.3 Å². The van der Waals surface area contributed by atoms with Crippen LogP contribution in [0, 0.1) is 0 Å². The van der Waals surface area contributed by atoms with E-state index in [2.05, 4.69) is 24.1 Å². The summed E-state index contributed by atoms with van der Waals surface area (Å²) in [6.45, 7) is 8.91. The average Bonchev–Trinajstić information content (AvgIpc) is 3.08. The molecular weight excluding hydrogens is 344 g/mol. The van der Waals surface area contributed by atoms with Crippen LogP contribution in [0.5, 0.6) is 0 Å². The zero-order valence-electron chi connectivity index (χ0n) is 16.4. The molecule has 1 aliphatic carbocycles. The van der Waals surface area contributed by atoms with Crippen molar-refractivity contribution in [2.75, 3.05) is 32.8 Å². The maximum atomic E-state index is 5.76. The SMILES string of the molecule is CCNC(=NCCCc1nc2c(s1)CCCC2)N1CCC(OCC)CC1. The molecule has 0 spiro atoms. The highest BCUT2D eigenvalue weighted by Crippen LogP contribution is 2.27. The van der Waals surface area contributed by atoms with Crippen LogP contribution in [0.25, 0.3) is 0 Å². The van der Waals surface area contributed by atoms with Crippen molar-refractivity contribution >= 4 is 17.3 Å². The van der Waals surface area contributed by atoms with E-state index in [0.29, 0.717) is 6.10 Å². The molecule has 1 aliphatic heterocycles. The number of guanidine groups is 1. The topological polar surface area (TPSA) is 49.8 Å². The molecule has 6 heteroatoms. The Bertz CT molecular complexity index is 555. The molecule has 1 N–H and O–H groups in total. The van der Waals surface area contributed by atoms with Crippen molar-refractivity contribution in [3.05, 3.63) is 15.6 Å². The predicted molar refractivity (Wildman–Crippen MR) is 109 cm³/mol. The molecule has 1 aromatic heterocycles. The largest absolute Gasteiger partial charge is 0.378 e. The van der Waals surface area contributed by atoms with Gasteiger partial charge in [0, 0.05) is 44.1 Å². The Morgan fingerprint density at radius 1 is 1.27 bits per heavy atom. The number of thiazole rings is 1. The van der Waals surface area contributed by atoms with E-state index < -0.39 is 0 Å². The van der Waals surface area contributed by atoms with Gasteiger partial charge >= 0.3 is 0 Å². The van der Waals surface area contributed by atoms with Gasteiger partial charge in [-0.1, -0.05) is 0 Å². The molecule has 0 radical (unpaired) electrons. The fourth-order valence-electron chi connectivity index (χ4n) is 3.82. The van der Waals surface area contributed by atoms with E-state index in [0.717, 1.165) is 64.4 Å². The Balaban J connectivity index is 1.46. The first-order valence-electron chi connectivity index (χ1n) is 10.4. The van der Waals surface area contributed by atoms with E-state index in [9.17, 15) is 0 Å². The molecule has 0 atom stereocenters. The molecule has 0 amide bonds. The van der Waals surface area contributed by atoms with Crippen LogP contribution >= 0.6 is 11.3 Å². The number of hydrogen-bond acceptors (Lipinski definition) is 4. The fraction of sp³-hybridized carbons (Fsp3) is 0.800. The maximum Gasteiger partial charge on any atom is 0.193 e. The van der Waals surface area contributed by atoms with Crippen LogP contribution in [0.15, 0.2) is 4.99 Å². The Kier molecular flexibility index (Phi) is 7.74. The zero-order chi connectivity index (χ0) is 18.2. The number of aliphatic imine (C=N–C) groups is 1. The number of nitrogens with one attached hydrogen (secondary N) is 1. The van der Waals surface area contributed by atoms with Crippen molar-refractivity contribution in [3.8, 4) is 0 Å². The second kappa shape index (κ2) is 10.3. The number of rotatable bonds is 7. The second-order valence-electron chi connectivity index (χ2n) is 7.17. The van der Waals surface area contributed by atoms with Gasteiger partial charge in [-0.05, 0) is 58.8 Å². The lowest BCUT2D eigenvalue weighted by atomic mass is 10.0. The van der Waals surface area contributed by atoms with Gasteiger partial charge in [-0.25, -0.2) is 4.98 Å². The van der Waals surface area contributed by atoms with Crippen LogP contribution in [0.2, 0.25) is 0 Å². The number of aromatic nitrogens is 1. The third-order valence-electron chi connectivity index (χ3n) is 5.18. The quantitative estimate of drug-likeness (QED) is 0.449. The molecule has 146 valence electrons. The average molecular weight is 379 g/mol. The highest BCUT2D eigenvalue weighted by atomic mass is 32.1. The molecule has 5 nitrogen and oxygen atoms in total. The molecular formula is C20H34N4OS. The number of hydrogen-bond donors (Lipinski definition) is 1. The smallest absolute Gasteiger partial charge is 0.193 e. The molecule has 26 heavy (non-hydrogen) atoms. The van der Waals surface area contributed by atoms with Gasteiger partial charge in [0.2, 0.25) is 0 Å². The first-order valence-corrected chi connectivity index (χ1v) is 11.2. The van der Waals surface area contributed by atoms with E-state index in [1.807, 2.05) is 11.3 Å². The molecule has 2 aliphatic rings. The molecule has 1 fully saturated rings. The van der Waals surface area contributed by atoms with Crippen LogP contribution in [0.4, 0.5) is 0 Å². The van der Waals surface area contributed by atoms with Crippen molar-refractivity contribution < 1.29 is 4.74 Å². The fourth-order valence-corrected chi connectivity index (χ4v) is 5.02. The van der Waals surface area contributed by atoms with Gasteiger partial charge in [-0.3, -0.25) is 4.99 Å². The third-order valence-corrected chi connectivity index (χ3v) is 6.40. The lowest BCUT2D eigenvalue weighted by molar-refractivity contribution is 0.0264. The minimum Gasteiger partial charge on any atom is -0.378 e. The summed E-state index contributed by atoms with van der Waals surface area (Å²) in [6.07, 6.45) is 9.85. The number of aryl methyl sites for hydroxylation is 3. The van der Waals surface area contributed by atoms with E-state index in [1.165, 1.54) is 36.4 Å². The molecule has 3 rings (SSSR count). The molecule has 0 saturated carbocycles. The van der Waals surface area contributed by atoms with E-state index in [4.69, 9.17) is 14.7 Å². The van der Waals surface area contributed by atoms with Crippen LogP contribution in [0.1, 0.15) is 61.5 Å². The summed E-state index contributed by atoms with van der Waals surface area (Å²) < 4.78 is 5.76. The monoisotopic (exact) mass is 378 g/mol. The molecule has 0 aromatic carbocycles. The van der Waals surface area contributed by atoms with Gasteiger partial charge in [0.1, 0.15) is 0 Å². The van der Waals surface area contributed by atoms with Gasteiger partial charge in [-0.15, -0.1) is 11.3 Å². The Labute approximate surface area is 162 Å². The lowest BCUT2D eigenvalue weighted by Gasteiger charge is -2.34. The molecule has 1 aromatic rings. The summed E-state index contributed by atoms with van der Waals surface area (Å²) in [5, 5.41) is 4.77. The summed E-state index contributed by atoms with van der Waals surface area (Å²) in [5.41, 5.74) is 1.38. The van der Waals surface area contributed by atoms with Crippen LogP contribution < -0.4 is 5.32 Å². The molecule has 1 saturated heterocycles. The second-order valence-corrected chi connectivity index (χ2v) is 8.33. The number of piperidine rings is 1. The standard InChI is InChI=1S/C20H34N4OS/c1-3-21-20(24-14-11-16(12-15-24)25-4-2)22-13-7-10-19-23-17-8-5-6-9-18(17)26-19/h16H,3-15H2,1-2H3,(H,21,22). The lowest BCUT2D eigenvalue weighted by Crippen LogP contribution is -2.47. The number of fused-ring (bicyclic) bond motifs is 1. The highest BCUT2D eigenvalue weighted by Gasteiger charge is 2.21. The first kappa shape index (κ1) is 19.6. The summed E-state index contributed by atoms with van der Waals surface area (Å²) in [5.74, 6) is 1.07. The van der Waals surface area contributed by atoms with Crippen molar-refractivity contribution in [1.29, 1.82) is 0 Å². The van der Waals surface area contributed by atoms with Gasteiger partial charge in [-0.2, -0.15) is 0 Å². The van der Waals surface area contributed by atoms with Crippen LogP contribution in [0.3, 0.4) is 0 Å². The van der Waals surface area contributed by atoms with Gasteiger partial charge in [0.15, 0.2) is 5.96 Å². The Morgan fingerprint density at radius 2 is 2.08 bits per heavy atom. The Hall–Kier alpha value is -1.14. The van der Waals surface area contributed by atoms with Crippen molar-refractivity contribution in [1.82, 2.24) is 15.2 Å². The highest BCUT2D eigenvalue weighted by molar-refractivity contribution is 7.11. The zero-order valence-corrected chi connectivity index (χ0v) is 17.2. The normalized spacial score (nSPS) is 18.8. The van der Waals surface area contributed by atoms with Crippen LogP contribution in [-0.2, 0) is 24.0 Å². The minimum atomic E-state index is 0.426. The van der Waals surface area contributed by atoms with Gasteiger partial charge in [0.25, 0.3) is 0 Å². The predicted octanol–water partition coefficient (Wildman–Crippen LogP) is 3.42. The van der Waals surface area contributed by atoms with Gasteiger partial charge < -0.3 is 15.0 Å². The molecule has 2 heterocycles. The number of nitrogens with zero attached hydrogens (tertiary/aromatic N) is 3. The number of ether oxygens (including phenoxy) is 1. The van der Waals surface area contributed by atoms with Crippen LogP contribution in [-0.4, -0.2) is 54.7 Å². The summed E-state index contributed by atoms with van der Waals surface area (Å²) in [4.78, 5) is 13.7. The first-order chi connectivity index (χ1) is 12.8. The summed E-state index contributed by atoms with van der Waals surface area (Å²) in [6, 6.07) is 0. The maximum absolute atomic E-state index is 5.76. The minimum absolute atomic E-state index is 0.426. The van der Waals surface area contributed by atoms with E-state index >= 15 is 0 Å². The third kappa shape index (κ3) is 5.43. The number of likely N-dealkylation sites (tertiary alicyclic amines) is 1. The van der Waals surface area contributed by atoms with Crippen molar-refractivity contribution in [2.24, 2.45) is 4.99 Å². The summed E-state index contributed by atoms with van der Waals surface area (Å²) in [7, 11) is 0. The van der Waals surface area contributed by atoms with Crippen molar-refractivity contribution in [3.63, 3.8) is 0 Å². The summed E-state index contributed by atoms with van der Waals surface area (Å²) >= 11 is 1.94. The van der Waals surface area contributed by atoms with E-state index in [1.54, 1.807) is 4.88 Å². The molecule has 0 unspecified atom stereocenters. The van der Waals surface area contributed by atoms with E-state index in [-0.39, 0.29) is 0 Å². The van der Waals surface area contributed by atoms with Gasteiger partial charge in [0.05, 0.1) is 16.8 Å². The molecule has 0 bridgehead atoms. The Morgan fingerprint density at radius 3 is 2.81 bits per heavy atom.